The van der Waals surface area contributed by atoms with E-state index < -0.39 is 5.97 Å². The van der Waals surface area contributed by atoms with Crippen LogP contribution in [0.4, 0.5) is 0 Å². The summed E-state index contributed by atoms with van der Waals surface area (Å²) in [5.74, 6) is 0.165. The van der Waals surface area contributed by atoms with Gasteiger partial charge in [0.05, 0.1) is 24.7 Å². The summed E-state index contributed by atoms with van der Waals surface area (Å²) in [4.78, 5) is 25.0. The maximum Gasteiger partial charge on any atom is 0.308 e. The summed E-state index contributed by atoms with van der Waals surface area (Å²) in [6, 6.07) is 12.6. The third-order valence-electron chi connectivity index (χ3n) is 3.63. The largest absolute Gasteiger partial charge is 0.493 e. The molecular weight excluding hydrogens is 340 g/mol. The Labute approximate surface area is 148 Å². The number of fused-ring (bicyclic) bond motifs is 1. The predicted molar refractivity (Wildman–Crippen MR) is 96.1 cm³/mol. The monoisotopic (exact) mass is 356 g/mol. The third-order valence-corrected chi connectivity index (χ3v) is 4.75. The minimum absolute atomic E-state index is 0.146. The molecule has 6 heteroatoms. The van der Waals surface area contributed by atoms with Crippen molar-refractivity contribution in [1.29, 1.82) is 0 Å². The summed E-state index contributed by atoms with van der Waals surface area (Å²) in [6.07, 6.45) is 0. The molecule has 0 aliphatic rings. The van der Waals surface area contributed by atoms with E-state index in [4.69, 9.17) is 14.2 Å². The summed E-state index contributed by atoms with van der Waals surface area (Å²) in [5, 5.41) is 0.991. The van der Waals surface area contributed by atoms with Crippen LogP contribution in [0.25, 0.3) is 10.1 Å². The molecule has 0 saturated heterocycles. The Bertz CT molecular complexity index is 925. The predicted octanol–water partition coefficient (Wildman–Crippen LogP) is 4.07. The molecule has 1 aromatic heterocycles. The maximum absolute atomic E-state index is 13.0. The van der Waals surface area contributed by atoms with Crippen LogP contribution in [0.3, 0.4) is 0 Å². The minimum Gasteiger partial charge on any atom is -0.493 e. The zero-order valence-corrected chi connectivity index (χ0v) is 14.8. The van der Waals surface area contributed by atoms with E-state index in [1.54, 1.807) is 0 Å². The highest BCUT2D eigenvalue weighted by Gasteiger charge is 2.22. The molecule has 1 heterocycles. The first kappa shape index (κ1) is 17.0. The molecule has 3 aromatic rings. The van der Waals surface area contributed by atoms with E-state index in [9.17, 15) is 9.59 Å². The normalized spacial score (nSPS) is 10.5. The second-order valence-corrected chi connectivity index (χ2v) is 6.36. The van der Waals surface area contributed by atoms with Gasteiger partial charge in [-0.2, -0.15) is 0 Å². The number of carbonyl (C=O) groups excluding carboxylic acids is 2. The van der Waals surface area contributed by atoms with Crippen molar-refractivity contribution in [3.8, 4) is 17.2 Å². The van der Waals surface area contributed by atoms with Gasteiger partial charge in [0.2, 0.25) is 5.78 Å². The van der Waals surface area contributed by atoms with Crippen molar-refractivity contribution >= 4 is 33.2 Å². The molecule has 0 fully saturated rings. The molecule has 0 aliphatic heterocycles. The number of benzene rings is 2. The van der Waals surface area contributed by atoms with Crippen LogP contribution < -0.4 is 14.2 Å². The summed E-state index contributed by atoms with van der Waals surface area (Å²) in [7, 11) is 2.96. The Hall–Kier alpha value is -2.86. The van der Waals surface area contributed by atoms with E-state index in [0.29, 0.717) is 16.4 Å². The fourth-order valence-corrected chi connectivity index (χ4v) is 3.52. The van der Waals surface area contributed by atoms with Gasteiger partial charge < -0.3 is 14.2 Å². The molecule has 0 bridgehead atoms. The van der Waals surface area contributed by atoms with Crippen molar-refractivity contribution in [2.75, 3.05) is 14.2 Å². The van der Waals surface area contributed by atoms with Crippen LogP contribution in [0.2, 0.25) is 0 Å². The van der Waals surface area contributed by atoms with Crippen molar-refractivity contribution in [2.45, 2.75) is 6.92 Å². The maximum atomic E-state index is 13.0. The number of esters is 1. The lowest BCUT2D eigenvalue weighted by Gasteiger charge is -2.13. The van der Waals surface area contributed by atoms with Gasteiger partial charge in [-0.15, -0.1) is 11.3 Å². The zero-order chi connectivity index (χ0) is 18.0. The molecule has 0 atom stereocenters. The van der Waals surface area contributed by atoms with Crippen LogP contribution >= 0.6 is 11.3 Å². The topological polar surface area (TPSA) is 61.8 Å². The second-order valence-electron chi connectivity index (χ2n) is 5.27. The van der Waals surface area contributed by atoms with Gasteiger partial charge in [-0.1, -0.05) is 18.2 Å². The Morgan fingerprint density at radius 1 is 0.920 bits per heavy atom. The average molecular weight is 356 g/mol. The molecule has 5 nitrogen and oxygen atoms in total. The SMILES string of the molecule is COc1cc(OC(C)=O)c(C(=O)c2cc3ccccc3s2)cc1OC. The summed E-state index contributed by atoms with van der Waals surface area (Å²) in [6.45, 7) is 1.28. The zero-order valence-electron chi connectivity index (χ0n) is 14.0. The number of carbonyl (C=O) groups is 2. The van der Waals surface area contributed by atoms with Crippen molar-refractivity contribution in [1.82, 2.24) is 0 Å². The van der Waals surface area contributed by atoms with Crippen molar-refractivity contribution in [3.63, 3.8) is 0 Å². The molecule has 3 rings (SSSR count). The quantitative estimate of drug-likeness (QED) is 0.392. The van der Waals surface area contributed by atoms with Gasteiger partial charge in [0.1, 0.15) is 5.75 Å². The summed E-state index contributed by atoms with van der Waals surface area (Å²) >= 11 is 1.39. The molecule has 2 aromatic carbocycles. The Kier molecular flexibility index (Phi) is 4.72. The smallest absolute Gasteiger partial charge is 0.308 e. The molecule has 0 unspecified atom stereocenters. The van der Waals surface area contributed by atoms with Gasteiger partial charge in [0.25, 0.3) is 0 Å². The minimum atomic E-state index is -0.516. The van der Waals surface area contributed by atoms with Crippen LogP contribution in [-0.2, 0) is 4.79 Å². The van der Waals surface area contributed by atoms with Crippen LogP contribution in [-0.4, -0.2) is 26.0 Å². The molecule has 25 heavy (non-hydrogen) atoms. The van der Waals surface area contributed by atoms with Crippen molar-refractivity contribution in [3.05, 3.63) is 52.9 Å². The lowest BCUT2D eigenvalue weighted by molar-refractivity contribution is -0.131. The number of ketones is 1. The van der Waals surface area contributed by atoms with Crippen LogP contribution in [0.15, 0.2) is 42.5 Å². The molecule has 0 aliphatic carbocycles. The second kappa shape index (κ2) is 6.94. The number of ether oxygens (including phenoxy) is 3. The highest BCUT2D eigenvalue weighted by Crippen LogP contribution is 2.37. The highest BCUT2D eigenvalue weighted by atomic mass is 32.1. The van der Waals surface area contributed by atoms with Gasteiger partial charge in [0.15, 0.2) is 11.5 Å². The summed E-state index contributed by atoms with van der Waals surface area (Å²) < 4.78 is 16.7. The third kappa shape index (κ3) is 3.34. The Morgan fingerprint density at radius 2 is 1.60 bits per heavy atom. The molecule has 0 radical (unpaired) electrons. The van der Waals surface area contributed by atoms with Gasteiger partial charge in [-0.25, -0.2) is 0 Å². The van der Waals surface area contributed by atoms with E-state index >= 15 is 0 Å². The first-order valence-corrected chi connectivity index (χ1v) is 8.33. The Balaban J connectivity index is 2.12. The van der Waals surface area contributed by atoms with E-state index in [1.165, 1.54) is 44.6 Å². The molecule has 0 saturated carbocycles. The van der Waals surface area contributed by atoms with E-state index in [0.717, 1.165) is 10.1 Å². The van der Waals surface area contributed by atoms with Crippen LogP contribution in [0.1, 0.15) is 22.2 Å². The molecular formula is C19H16O5S. The van der Waals surface area contributed by atoms with Gasteiger partial charge in [-0.05, 0) is 23.6 Å². The van der Waals surface area contributed by atoms with Gasteiger partial charge >= 0.3 is 5.97 Å². The number of methoxy groups -OCH3 is 2. The lowest BCUT2D eigenvalue weighted by atomic mass is 10.1. The highest BCUT2D eigenvalue weighted by molar-refractivity contribution is 7.21. The van der Waals surface area contributed by atoms with E-state index in [1.807, 2.05) is 30.3 Å². The van der Waals surface area contributed by atoms with E-state index in [-0.39, 0.29) is 17.1 Å². The fourth-order valence-electron chi connectivity index (χ4n) is 2.50. The lowest BCUT2D eigenvalue weighted by Crippen LogP contribution is -2.09. The van der Waals surface area contributed by atoms with Gasteiger partial charge in [0, 0.05) is 17.7 Å². The first-order valence-electron chi connectivity index (χ1n) is 7.51. The standard InChI is InChI=1S/C19H16O5S/c1-11(20)24-14-10-16(23-3)15(22-2)9-13(14)19(21)18-8-12-6-4-5-7-17(12)25-18/h4-10H,1-3H3. The number of rotatable bonds is 5. The van der Waals surface area contributed by atoms with Crippen molar-refractivity contribution in [2.24, 2.45) is 0 Å². The van der Waals surface area contributed by atoms with E-state index in [2.05, 4.69) is 0 Å². The number of hydrogen-bond donors (Lipinski definition) is 0. The molecule has 128 valence electrons. The fraction of sp³-hybridized carbons (Fsp3) is 0.158. The van der Waals surface area contributed by atoms with Gasteiger partial charge in [-0.3, -0.25) is 9.59 Å². The average Bonchev–Trinajstić information content (AvgIpc) is 3.04. The molecule has 0 amide bonds. The first-order chi connectivity index (χ1) is 12.0. The van der Waals surface area contributed by atoms with Crippen molar-refractivity contribution < 1.29 is 23.8 Å². The Morgan fingerprint density at radius 3 is 2.24 bits per heavy atom. The van der Waals surface area contributed by atoms with Crippen LogP contribution in [0.5, 0.6) is 17.2 Å². The summed E-state index contributed by atoms with van der Waals surface area (Å²) in [5.41, 5.74) is 0.249. The number of hydrogen-bond acceptors (Lipinski definition) is 6. The van der Waals surface area contributed by atoms with Crippen LogP contribution in [0, 0.1) is 0 Å². The molecule has 0 N–H and O–H groups in total. The number of thiophene rings is 1. The molecule has 0 spiro atoms.